The van der Waals surface area contributed by atoms with Crippen molar-refractivity contribution in [2.24, 2.45) is 0 Å². The zero-order valence-electron chi connectivity index (χ0n) is 18.8. The Balaban J connectivity index is 1.29. The Morgan fingerprint density at radius 2 is 1.56 bits per heavy atom. The molecule has 3 heterocycles. The Kier molecular flexibility index (Phi) is 5.35. The molecule has 3 aromatic carbocycles. The van der Waals surface area contributed by atoms with Gasteiger partial charge in [0.25, 0.3) is 5.91 Å². The predicted molar refractivity (Wildman–Crippen MR) is 135 cm³/mol. The Labute approximate surface area is 205 Å². The maximum atomic E-state index is 14.7. The van der Waals surface area contributed by atoms with Crippen LogP contribution < -0.4 is 5.32 Å². The Morgan fingerprint density at radius 3 is 2.31 bits per heavy atom. The summed E-state index contributed by atoms with van der Waals surface area (Å²) in [4.78, 5) is 21.0. The van der Waals surface area contributed by atoms with Crippen LogP contribution in [-0.2, 0) is 0 Å². The number of nitrogens with one attached hydrogen (secondary N) is 1. The van der Waals surface area contributed by atoms with Gasteiger partial charge in [-0.25, -0.2) is 9.37 Å². The number of amides is 1. The van der Waals surface area contributed by atoms with Gasteiger partial charge in [0.15, 0.2) is 17.0 Å². The molecule has 0 fully saturated rings. The van der Waals surface area contributed by atoms with Crippen LogP contribution in [0.5, 0.6) is 0 Å². The van der Waals surface area contributed by atoms with E-state index in [0.717, 1.165) is 22.3 Å². The number of hydrogen-bond donors (Lipinski definition) is 1. The van der Waals surface area contributed by atoms with Gasteiger partial charge in [-0.1, -0.05) is 54.6 Å². The van der Waals surface area contributed by atoms with Crippen molar-refractivity contribution in [3.8, 4) is 33.7 Å². The molecule has 7 heteroatoms. The molecule has 3 aromatic heterocycles. The number of aromatic nitrogens is 2. The van der Waals surface area contributed by atoms with Crippen molar-refractivity contribution in [3.05, 3.63) is 115 Å². The number of anilines is 1. The van der Waals surface area contributed by atoms with Crippen LogP contribution >= 0.6 is 0 Å². The zero-order valence-corrected chi connectivity index (χ0v) is 18.8. The van der Waals surface area contributed by atoms with E-state index in [2.05, 4.69) is 39.6 Å². The zero-order chi connectivity index (χ0) is 24.5. The molecule has 0 aliphatic rings. The third kappa shape index (κ3) is 4.14. The first kappa shape index (κ1) is 21.5. The summed E-state index contributed by atoms with van der Waals surface area (Å²) in [6.07, 6.45) is 3.12. The number of fused-ring (bicyclic) bond motifs is 1. The molecule has 0 aliphatic carbocycles. The molecule has 1 N–H and O–H groups in total. The van der Waals surface area contributed by atoms with E-state index in [4.69, 9.17) is 8.83 Å². The van der Waals surface area contributed by atoms with Gasteiger partial charge in [-0.3, -0.25) is 4.79 Å². The highest BCUT2D eigenvalue weighted by Gasteiger charge is 2.17. The van der Waals surface area contributed by atoms with E-state index in [-0.39, 0.29) is 17.2 Å². The van der Waals surface area contributed by atoms with E-state index < -0.39 is 11.7 Å². The number of pyridine rings is 1. The number of carbonyl (C=O) groups excluding carboxylic acids is 1. The Bertz CT molecular complexity index is 1680. The molecule has 0 bridgehead atoms. The van der Waals surface area contributed by atoms with Gasteiger partial charge in [0, 0.05) is 17.4 Å². The first-order valence-electron chi connectivity index (χ1n) is 11.2. The van der Waals surface area contributed by atoms with Crippen molar-refractivity contribution in [2.45, 2.75) is 0 Å². The van der Waals surface area contributed by atoms with Gasteiger partial charge in [0.05, 0.1) is 11.8 Å². The van der Waals surface area contributed by atoms with Gasteiger partial charge in [-0.05, 0) is 53.1 Å². The molecule has 0 saturated heterocycles. The van der Waals surface area contributed by atoms with Crippen molar-refractivity contribution in [2.75, 3.05) is 5.32 Å². The fourth-order valence-corrected chi connectivity index (χ4v) is 3.95. The molecule has 174 valence electrons. The highest BCUT2D eigenvalue weighted by molar-refractivity contribution is 6.02. The van der Waals surface area contributed by atoms with Crippen molar-refractivity contribution in [1.82, 2.24) is 9.97 Å². The predicted octanol–water partition coefficient (Wildman–Crippen LogP) is 7.21. The number of rotatable bonds is 5. The van der Waals surface area contributed by atoms with Crippen molar-refractivity contribution < 1.29 is 18.0 Å². The van der Waals surface area contributed by atoms with Crippen LogP contribution in [0.1, 0.15) is 10.6 Å². The number of carbonyl (C=O) groups is 1. The van der Waals surface area contributed by atoms with Gasteiger partial charge in [0.1, 0.15) is 5.82 Å². The third-order valence-electron chi connectivity index (χ3n) is 5.77. The molecule has 0 aliphatic heterocycles. The lowest BCUT2D eigenvalue weighted by atomic mass is 10.0. The smallest absolute Gasteiger partial charge is 0.291 e. The summed E-state index contributed by atoms with van der Waals surface area (Å²) in [7, 11) is 0. The first-order chi connectivity index (χ1) is 17.6. The second-order valence-electron chi connectivity index (χ2n) is 8.13. The number of furan rings is 1. The second-order valence-corrected chi connectivity index (χ2v) is 8.13. The van der Waals surface area contributed by atoms with E-state index in [1.807, 2.05) is 36.4 Å². The minimum atomic E-state index is -0.533. The maximum Gasteiger partial charge on any atom is 0.291 e. The molecule has 0 atom stereocenters. The van der Waals surface area contributed by atoms with Crippen LogP contribution in [0, 0.1) is 5.82 Å². The number of halogens is 1. The monoisotopic (exact) mass is 475 g/mol. The Hall–Kier alpha value is -5.04. The molecule has 0 saturated carbocycles. The third-order valence-corrected chi connectivity index (χ3v) is 5.77. The highest BCUT2D eigenvalue weighted by atomic mass is 19.1. The van der Waals surface area contributed by atoms with Gasteiger partial charge < -0.3 is 14.2 Å². The van der Waals surface area contributed by atoms with Crippen LogP contribution in [0.15, 0.2) is 112 Å². The number of oxazole rings is 1. The molecule has 36 heavy (non-hydrogen) atoms. The van der Waals surface area contributed by atoms with Gasteiger partial charge in [-0.15, -0.1) is 0 Å². The van der Waals surface area contributed by atoms with Crippen LogP contribution in [0.3, 0.4) is 0 Å². The van der Waals surface area contributed by atoms with E-state index in [9.17, 15) is 9.18 Å². The van der Waals surface area contributed by atoms with E-state index in [1.165, 1.54) is 24.5 Å². The van der Waals surface area contributed by atoms with Gasteiger partial charge >= 0.3 is 0 Å². The van der Waals surface area contributed by atoms with E-state index in [1.54, 1.807) is 18.3 Å². The molecule has 6 rings (SSSR count). The average molecular weight is 475 g/mol. The molecular formula is C29H18FN3O3. The quantitative estimate of drug-likeness (QED) is 0.285. The standard InChI is InChI=1S/C29H18FN3O3/c30-24-13-12-22(32-28(34)25-7-4-14-35-25)16-23(24)29-33-27-26(36-29)15-21(17-31-27)20-10-8-19(9-11-20)18-5-2-1-3-6-18/h1-17H,(H,32,34). The highest BCUT2D eigenvalue weighted by Crippen LogP contribution is 2.31. The van der Waals surface area contributed by atoms with Crippen LogP contribution in [0.4, 0.5) is 10.1 Å². The lowest BCUT2D eigenvalue weighted by Gasteiger charge is -2.05. The van der Waals surface area contributed by atoms with Gasteiger partial charge in [0.2, 0.25) is 5.89 Å². The van der Waals surface area contributed by atoms with Crippen LogP contribution in [0.25, 0.3) is 44.9 Å². The number of benzene rings is 3. The summed E-state index contributed by atoms with van der Waals surface area (Å²) in [5.41, 5.74) is 5.35. The topological polar surface area (TPSA) is 81.2 Å². The fourth-order valence-electron chi connectivity index (χ4n) is 3.95. The summed E-state index contributed by atoms with van der Waals surface area (Å²) in [5, 5.41) is 2.68. The van der Waals surface area contributed by atoms with E-state index >= 15 is 0 Å². The summed E-state index contributed by atoms with van der Waals surface area (Å²) in [6.45, 7) is 0. The molecule has 6 aromatic rings. The number of nitrogens with zero attached hydrogens (tertiary/aromatic N) is 2. The number of hydrogen-bond acceptors (Lipinski definition) is 5. The summed E-state index contributed by atoms with van der Waals surface area (Å²) in [5.74, 6) is -0.758. The molecule has 0 spiro atoms. The minimum absolute atomic E-state index is 0.0701. The normalized spacial score (nSPS) is 11.0. The van der Waals surface area contributed by atoms with Crippen molar-refractivity contribution in [3.63, 3.8) is 0 Å². The first-order valence-corrected chi connectivity index (χ1v) is 11.2. The average Bonchev–Trinajstić information content (AvgIpc) is 3.60. The van der Waals surface area contributed by atoms with E-state index in [0.29, 0.717) is 16.9 Å². The van der Waals surface area contributed by atoms with Crippen LogP contribution in [-0.4, -0.2) is 15.9 Å². The molecular weight excluding hydrogens is 457 g/mol. The second kappa shape index (κ2) is 8.96. The lowest BCUT2D eigenvalue weighted by Crippen LogP contribution is -2.10. The fraction of sp³-hybridized carbons (Fsp3) is 0. The minimum Gasteiger partial charge on any atom is -0.459 e. The molecule has 0 radical (unpaired) electrons. The van der Waals surface area contributed by atoms with Crippen molar-refractivity contribution >= 4 is 22.8 Å². The van der Waals surface area contributed by atoms with Crippen molar-refractivity contribution in [1.29, 1.82) is 0 Å². The van der Waals surface area contributed by atoms with Crippen LogP contribution in [0.2, 0.25) is 0 Å². The van der Waals surface area contributed by atoms with Gasteiger partial charge in [-0.2, -0.15) is 4.98 Å². The molecule has 6 nitrogen and oxygen atoms in total. The summed E-state index contributed by atoms with van der Waals surface area (Å²) in [6, 6.07) is 27.4. The maximum absolute atomic E-state index is 14.7. The largest absolute Gasteiger partial charge is 0.459 e. The lowest BCUT2D eigenvalue weighted by molar-refractivity contribution is 0.0996. The summed E-state index contributed by atoms with van der Waals surface area (Å²) < 4.78 is 25.6. The summed E-state index contributed by atoms with van der Waals surface area (Å²) >= 11 is 0. The molecule has 0 unspecified atom stereocenters. The Morgan fingerprint density at radius 1 is 0.806 bits per heavy atom. The molecule has 1 amide bonds. The SMILES string of the molecule is O=C(Nc1ccc(F)c(-c2nc3ncc(-c4ccc(-c5ccccc5)cc4)cc3o2)c1)c1ccco1.